The fourth-order valence-electron chi connectivity index (χ4n) is 2.02. The summed E-state index contributed by atoms with van der Waals surface area (Å²) >= 11 is 3.60. The van der Waals surface area contributed by atoms with E-state index in [1.165, 1.54) is 10.9 Å². The molecule has 0 radical (unpaired) electrons. The van der Waals surface area contributed by atoms with E-state index in [0.717, 1.165) is 11.4 Å². The second kappa shape index (κ2) is 5.28. The fraction of sp³-hybridized carbons (Fsp3) is 0.231. The third kappa shape index (κ3) is 2.39. The van der Waals surface area contributed by atoms with Crippen molar-refractivity contribution in [1.29, 1.82) is 0 Å². The number of benzene rings is 1. The third-order valence-corrected chi connectivity index (χ3v) is 5.02. The van der Waals surface area contributed by atoms with Crippen LogP contribution in [0.1, 0.15) is 16.8 Å². The van der Waals surface area contributed by atoms with E-state index in [1.54, 1.807) is 22.0 Å². The number of aryl methyl sites for hydroxylation is 1. The van der Waals surface area contributed by atoms with Crippen molar-refractivity contribution in [3.8, 4) is 0 Å². The van der Waals surface area contributed by atoms with E-state index in [4.69, 9.17) is 5.73 Å². The minimum Gasteiger partial charge on any atom is -0.369 e. The number of nitrogen functional groups attached to an aromatic ring is 1. The number of anilines is 1. The Labute approximate surface area is 133 Å². The van der Waals surface area contributed by atoms with Gasteiger partial charge >= 0.3 is 0 Å². The quantitative estimate of drug-likeness (QED) is 0.684. The van der Waals surface area contributed by atoms with Crippen LogP contribution in [0, 0.1) is 9.39 Å². The van der Waals surface area contributed by atoms with E-state index >= 15 is 0 Å². The monoisotopic (exact) mass is 402 g/mol. The van der Waals surface area contributed by atoms with Gasteiger partial charge in [-0.05, 0) is 35.1 Å². The average Bonchev–Trinajstić information content (AvgIpc) is 2.98. The number of nitrogens with two attached hydrogens (primary N) is 1. The van der Waals surface area contributed by atoms with E-state index in [9.17, 15) is 4.39 Å². The Hall–Kier alpha value is -1.22. The van der Waals surface area contributed by atoms with Gasteiger partial charge in [0, 0.05) is 17.1 Å². The molecule has 0 unspecified atom stereocenters. The second-order valence-corrected chi connectivity index (χ2v) is 6.75. The predicted molar refractivity (Wildman–Crippen MR) is 87.4 cm³/mol. The minimum absolute atomic E-state index is 0.257. The van der Waals surface area contributed by atoms with Crippen LogP contribution in [-0.2, 0) is 13.0 Å². The first-order chi connectivity index (χ1) is 9.58. The number of nitrogens with zero attached hydrogens (tertiary/aromatic N) is 3. The summed E-state index contributed by atoms with van der Waals surface area (Å²) in [5, 5.41) is 0.951. The van der Waals surface area contributed by atoms with Crippen LogP contribution in [0.15, 0.2) is 18.3 Å². The highest BCUT2D eigenvalue weighted by Gasteiger charge is 2.13. The van der Waals surface area contributed by atoms with Gasteiger partial charge in [0.05, 0.1) is 21.1 Å². The lowest BCUT2D eigenvalue weighted by atomic mass is 10.3. The Kier molecular flexibility index (Phi) is 3.63. The van der Waals surface area contributed by atoms with E-state index in [1.807, 2.05) is 28.8 Å². The summed E-state index contributed by atoms with van der Waals surface area (Å²) < 4.78 is 16.1. The van der Waals surface area contributed by atoms with Crippen LogP contribution in [-0.4, -0.2) is 14.5 Å². The molecule has 0 bridgehead atoms. The van der Waals surface area contributed by atoms with Crippen molar-refractivity contribution in [2.75, 3.05) is 5.73 Å². The van der Waals surface area contributed by atoms with Crippen LogP contribution in [0.3, 0.4) is 0 Å². The van der Waals surface area contributed by atoms with Gasteiger partial charge in [-0.15, -0.1) is 11.3 Å². The van der Waals surface area contributed by atoms with Gasteiger partial charge in [-0.1, -0.05) is 6.92 Å². The molecule has 7 heteroatoms. The molecule has 104 valence electrons. The summed E-state index contributed by atoms with van der Waals surface area (Å²) in [5.41, 5.74) is 7.36. The molecule has 0 amide bonds. The lowest BCUT2D eigenvalue weighted by molar-refractivity contribution is 0.621. The van der Waals surface area contributed by atoms with Crippen molar-refractivity contribution >= 4 is 50.9 Å². The molecule has 2 aromatic heterocycles. The highest BCUT2D eigenvalue weighted by atomic mass is 127. The average molecular weight is 402 g/mol. The molecule has 20 heavy (non-hydrogen) atoms. The van der Waals surface area contributed by atoms with Gasteiger partial charge in [-0.2, -0.15) is 0 Å². The summed E-state index contributed by atoms with van der Waals surface area (Å²) in [4.78, 5) is 9.88. The van der Waals surface area contributed by atoms with Crippen LogP contribution < -0.4 is 5.73 Å². The summed E-state index contributed by atoms with van der Waals surface area (Å²) in [6.45, 7) is 2.61. The van der Waals surface area contributed by atoms with E-state index < -0.39 is 0 Å². The number of halogens is 2. The molecule has 0 fully saturated rings. The van der Waals surface area contributed by atoms with Gasteiger partial charge in [0.15, 0.2) is 0 Å². The Morgan fingerprint density at radius 3 is 2.95 bits per heavy atom. The molecule has 0 saturated carbocycles. The molecule has 0 aliphatic rings. The lowest BCUT2D eigenvalue weighted by Gasteiger charge is -2.04. The summed E-state index contributed by atoms with van der Waals surface area (Å²) in [7, 11) is 0. The first-order valence-corrected chi connectivity index (χ1v) is 8.02. The van der Waals surface area contributed by atoms with Crippen molar-refractivity contribution in [3.63, 3.8) is 0 Å². The van der Waals surface area contributed by atoms with Crippen LogP contribution in [0.25, 0.3) is 11.0 Å². The SMILES string of the molecule is CCc1cnc(Cn2c(N)nc3cc(I)c(F)cc32)s1. The maximum Gasteiger partial charge on any atom is 0.201 e. The summed E-state index contributed by atoms with van der Waals surface area (Å²) in [6, 6.07) is 3.19. The standard InChI is InChI=1S/C13H12FIN4S/c1-2-7-5-17-12(20-7)6-19-11-3-8(14)9(15)4-10(11)18-13(19)16/h3-5H,2,6H2,1H3,(H2,16,18). The van der Waals surface area contributed by atoms with Crippen molar-refractivity contribution < 1.29 is 4.39 Å². The smallest absolute Gasteiger partial charge is 0.201 e. The molecule has 0 saturated heterocycles. The maximum atomic E-state index is 13.7. The first-order valence-electron chi connectivity index (χ1n) is 6.12. The fourth-order valence-corrected chi connectivity index (χ4v) is 3.33. The van der Waals surface area contributed by atoms with Crippen molar-refractivity contribution in [3.05, 3.63) is 37.6 Å². The van der Waals surface area contributed by atoms with Gasteiger partial charge in [0.25, 0.3) is 0 Å². The number of thiazole rings is 1. The molecule has 0 spiro atoms. The highest BCUT2D eigenvalue weighted by Crippen LogP contribution is 2.25. The van der Waals surface area contributed by atoms with Gasteiger partial charge < -0.3 is 10.3 Å². The van der Waals surface area contributed by atoms with Crippen molar-refractivity contribution in [2.24, 2.45) is 0 Å². The Morgan fingerprint density at radius 1 is 1.45 bits per heavy atom. The molecule has 0 atom stereocenters. The topological polar surface area (TPSA) is 56.7 Å². The number of hydrogen-bond acceptors (Lipinski definition) is 4. The zero-order valence-corrected chi connectivity index (χ0v) is 13.7. The summed E-state index contributed by atoms with van der Waals surface area (Å²) in [5.74, 6) is 0.127. The van der Waals surface area contributed by atoms with Crippen LogP contribution in [0.5, 0.6) is 0 Å². The minimum atomic E-state index is -0.257. The molecule has 2 heterocycles. The number of imidazole rings is 1. The molecule has 0 aliphatic heterocycles. The summed E-state index contributed by atoms with van der Waals surface area (Å²) in [6.07, 6.45) is 2.84. The highest BCUT2D eigenvalue weighted by molar-refractivity contribution is 14.1. The molecule has 2 N–H and O–H groups in total. The van der Waals surface area contributed by atoms with Gasteiger partial charge in [0.1, 0.15) is 10.8 Å². The van der Waals surface area contributed by atoms with E-state index in [0.29, 0.717) is 27.1 Å². The van der Waals surface area contributed by atoms with Gasteiger partial charge in [-0.3, -0.25) is 0 Å². The maximum absolute atomic E-state index is 13.7. The third-order valence-electron chi connectivity index (χ3n) is 3.06. The zero-order chi connectivity index (χ0) is 14.3. The normalized spacial score (nSPS) is 11.3. The number of aromatic nitrogens is 3. The zero-order valence-electron chi connectivity index (χ0n) is 10.7. The Balaban J connectivity index is 2.06. The van der Waals surface area contributed by atoms with Gasteiger partial charge in [-0.25, -0.2) is 14.4 Å². The molecular formula is C13H12FIN4S. The number of rotatable bonds is 3. The van der Waals surface area contributed by atoms with Crippen LogP contribution >= 0.6 is 33.9 Å². The Bertz CT molecular complexity index is 780. The molecule has 0 aliphatic carbocycles. The molecule has 3 rings (SSSR count). The number of hydrogen-bond donors (Lipinski definition) is 1. The van der Waals surface area contributed by atoms with Crippen LogP contribution in [0.4, 0.5) is 10.3 Å². The number of fused-ring (bicyclic) bond motifs is 1. The molecule has 1 aromatic carbocycles. The molecule has 4 nitrogen and oxygen atoms in total. The van der Waals surface area contributed by atoms with Crippen molar-refractivity contribution in [2.45, 2.75) is 19.9 Å². The lowest BCUT2D eigenvalue weighted by Crippen LogP contribution is -2.04. The van der Waals surface area contributed by atoms with Gasteiger partial charge in [0.2, 0.25) is 5.95 Å². The first kappa shape index (κ1) is 13.7. The Morgan fingerprint density at radius 2 is 2.25 bits per heavy atom. The van der Waals surface area contributed by atoms with E-state index in [2.05, 4.69) is 16.9 Å². The molecule has 3 aromatic rings. The van der Waals surface area contributed by atoms with E-state index in [-0.39, 0.29) is 5.82 Å². The molecular weight excluding hydrogens is 390 g/mol. The predicted octanol–water partition coefficient (Wildman–Crippen LogP) is 3.43. The second-order valence-electron chi connectivity index (χ2n) is 4.39. The van der Waals surface area contributed by atoms with Crippen molar-refractivity contribution in [1.82, 2.24) is 14.5 Å². The largest absolute Gasteiger partial charge is 0.369 e. The van der Waals surface area contributed by atoms with Crippen LogP contribution in [0.2, 0.25) is 0 Å².